The van der Waals surface area contributed by atoms with Gasteiger partial charge in [-0.1, -0.05) is 12.1 Å². The lowest BCUT2D eigenvalue weighted by atomic mass is 10.2. The van der Waals surface area contributed by atoms with E-state index in [1.165, 1.54) is 17.3 Å². The van der Waals surface area contributed by atoms with Gasteiger partial charge in [-0.25, -0.2) is 0 Å². The molecule has 0 amide bonds. The lowest BCUT2D eigenvalue weighted by Gasteiger charge is -2.34. The molecule has 3 rings (SSSR count). The van der Waals surface area contributed by atoms with Crippen molar-refractivity contribution in [1.82, 2.24) is 13.6 Å². The van der Waals surface area contributed by atoms with E-state index < -0.39 is 0 Å². The second-order valence-corrected chi connectivity index (χ2v) is 5.43. The summed E-state index contributed by atoms with van der Waals surface area (Å²) in [6.07, 6.45) is 1.85. The summed E-state index contributed by atoms with van der Waals surface area (Å²) in [6.45, 7) is 5.14. The summed E-state index contributed by atoms with van der Waals surface area (Å²) in [6, 6.07) is 8.31. The Hall–Kier alpha value is -1.66. The zero-order chi connectivity index (χ0) is 13.8. The van der Waals surface area contributed by atoms with Crippen LogP contribution in [0.5, 0.6) is 5.75 Å². The number of nitrogens with zero attached hydrogens (tertiary/aromatic N) is 4. The molecule has 1 saturated heterocycles. The molecule has 1 fully saturated rings. The largest absolute Gasteiger partial charge is 0.497 e. The van der Waals surface area contributed by atoms with Crippen LogP contribution >= 0.6 is 11.7 Å². The predicted molar refractivity (Wildman–Crippen MR) is 80.4 cm³/mol. The number of ether oxygens (including phenoxy) is 1. The monoisotopic (exact) mass is 290 g/mol. The third kappa shape index (κ3) is 3.08. The number of piperazine rings is 1. The molecule has 1 aromatic heterocycles. The van der Waals surface area contributed by atoms with Gasteiger partial charge in [0.2, 0.25) is 0 Å². The minimum atomic E-state index is 0.912. The Kier molecular flexibility index (Phi) is 4.13. The second kappa shape index (κ2) is 6.19. The van der Waals surface area contributed by atoms with Crippen LogP contribution in [0.1, 0.15) is 5.56 Å². The molecule has 0 saturated carbocycles. The maximum Gasteiger partial charge on any atom is 0.162 e. The summed E-state index contributed by atoms with van der Waals surface area (Å²) in [7, 11) is 1.70. The van der Waals surface area contributed by atoms with E-state index in [9.17, 15) is 0 Å². The Bertz CT molecular complexity index is 521. The lowest BCUT2D eigenvalue weighted by molar-refractivity contribution is 0.249. The molecule has 0 aliphatic carbocycles. The molecular formula is C14H18N4OS. The van der Waals surface area contributed by atoms with E-state index in [0.29, 0.717) is 0 Å². The SMILES string of the molecule is COc1ccc(CN2CCN(c3cnsn3)CC2)cc1. The lowest BCUT2D eigenvalue weighted by Crippen LogP contribution is -2.46. The van der Waals surface area contributed by atoms with Gasteiger partial charge in [0.1, 0.15) is 5.75 Å². The van der Waals surface area contributed by atoms with Gasteiger partial charge in [0.05, 0.1) is 25.0 Å². The number of benzene rings is 1. The van der Waals surface area contributed by atoms with Gasteiger partial charge in [0.25, 0.3) is 0 Å². The fourth-order valence-corrected chi connectivity index (χ4v) is 2.86. The third-order valence-electron chi connectivity index (χ3n) is 3.61. The van der Waals surface area contributed by atoms with Gasteiger partial charge in [-0.3, -0.25) is 4.90 Å². The molecule has 5 nitrogen and oxygen atoms in total. The first-order chi connectivity index (χ1) is 9.85. The van der Waals surface area contributed by atoms with Gasteiger partial charge in [-0.15, -0.1) is 0 Å². The molecule has 106 valence electrons. The third-order valence-corrected chi connectivity index (χ3v) is 4.08. The first-order valence-electron chi connectivity index (χ1n) is 6.73. The van der Waals surface area contributed by atoms with Gasteiger partial charge in [-0.2, -0.15) is 8.75 Å². The van der Waals surface area contributed by atoms with Crippen LogP contribution in [0.25, 0.3) is 0 Å². The molecule has 6 heteroatoms. The Balaban J connectivity index is 1.53. The number of anilines is 1. The molecule has 20 heavy (non-hydrogen) atoms. The second-order valence-electron chi connectivity index (χ2n) is 4.88. The van der Waals surface area contributed by atoms with Gasteiger partial charge in [0, 0.05) is 32.7 Å². The fraction of sp³-hybridized carbons (Fsp3) is 0.429. The van der Waals surface area contributed by atoms with Crippen LogP contribution < -0.4 is 9.64 Å². The van der Waals surface area contributed by atoms with Gasteiger partial charge < -0.3 is 9.64 Å². The van der Waals surface area contributed by atoms with Crippen LogP contribution in [-0.4, -0.2) is 46.9 Å². The smallest absolute Gasteiger partial charge is 0.162 e. The molecule has 0 N–H and O–H groups in total. The van der Waals surface area contributed by atoms with Crippen molar-refractivity contribution in [2.24, 2.45) is 0 Å². The summed E-state index contributed by atoms with van der Waals surface area (Å²) in [5, 5.41) is 0. The molecule has 2 heterocycles. The molecule has 1 aromatic carbocycles. The highest BCUT2D eigenvalue weighted by Crippen LogP contribution is 2.16. The van der Waals surface area contributed by atoms with E-state index in [-0.39, 0.29) is 0 Å². The maximum atomic E-state index is 5.18. The highest BCUT2D eigenvalue weighted by molar-refractivity contribution is 6.99. The normalized spacial score (nSPS) is 16.4. The van der Waals surface area contributed by atoms with Crippen molar-refractivity contribution in [2.75, 3.05) is 38.2 Å². The Morgan fingerprint density at radius 1 is 1.15 bits per heavy atom. The first-order valence-corrected chi connectivity index (χ1v) is 7.46. The minimum Gasteiger partial charge on any atom is -0.497 e. The Morgan fingerprint density at radius 2 is 1.90 bits per heavy atom. The molecule has 0 atom stereocenters. The van der Waals surface area contributed by atoms with Gasteiger partial charge >= 0.3 is 0 Å². The number of rotatable bonds is 4. The van der Waals surface area contributed by atoms with Crippen molar-refractivity contribution < 1.29 is 4.74 Å². The summed E-state index contributed by atoms with van der Waals surface area (Å²) < 4.78 is 13.5. The van der Waals surface area contributed by atoms with Crippen LogP contribution in [0, 0.1) is 0 Å². The molecule has 0 radical (unpaired) electrons. The quantitative estimate of drug-likeness (QED) is 0.860. The highest BCUT2D eigenvalue weighted by atomic mass is 32.1. The minimum absolute atomic E-state index is 0.912. The average Bonchev–Trinajstić information content (AvgIpc) is 3.03. The van der Waals surface area contributed by atoms with Crippen LogP contribution in [-0.2, 0) is 6.54 Å². The molecule has 0 bridgehead atoms. The van der Waals surface area contributed by atoms with E-state index in [4.69, 9.17) is 4.74 Å². The first kappa shape index (κ1) is 13.3. The zero-order valence-electron chi connectivity index (χ0n) is 11.5. The zero-order valence-corrected chi connectivity index (χ0v) is 12.3. The summed E-state index contributed by atoms with van der Waals surface area (Å²) in [5.41, 5.74) is 1.33. The molecule has 1 aliphatic rings. The maximum absolute atomic E-state index is 5.18. The van der Waals surface area contributed by atoms with Crippen molar-refractivity contribution in [2.45, 2.75) is 6.54 Å². The van der Waals surface area contributed by atoms with Crippen molar-refractivity contribution in [1.29, 1.82) is 0 Å². The topological polar surface area (TPSA) is 41.5 Å². The van der Waals surface area contributed by atoms with Crippen molar-refractivity contribution >= 4 is 17.5 Å². The predicted octanol–water partition coefficient (Wildman–Crippen LogP) is 1.87. The molecule has 1 aliphatic heterocycles. The van der Waals surface area contributed by atoms with Crippen molar-refractivity contribution in [3.8, 4) is 5.75 Å². The van der Waals surface area contributed by atoms with Crippen LogP contribution in [0.3, 0.4) is 0 Å². The molecular weight excluding hydrogens is 272 g/mol. The van der Waals surface area contributed by atoms with E-state index in [1.54, 1.807) is 7.11 Å². The van der Waals surface area contributed by atoms with E-state index >= 15 is 0 Å². The highest BCUT2D eigenvalue weighted by Gasteiger charge is 2.18. The number of hydrogen-bond donors (Lipinski definition) is 0. The number of methoxy groups -OCH3 is 1. The van der Waals surface area contributed by atoms with E-state index in [1.807, 2.05) is 18.3 Å². The van der Waals surface area contributed by atoms with Crippen molar-refractivity contribution in [3.63, 3.8) is 0 Å². The standard InChI is InChI=1S/C14H18N4OS/c1-19-13-4-2-12(3-5-13)11-17-6-8-18(9-7-17)14-10-15-20-16-14/h2-5,10H,6-9,11H2,1H3. The van der Waals surface area contributed by atoms with Gasteiger partial charge in [0.15, 0.2) is 5.82 Å². The Morgan fingerprint density at radius 3 is 2.50 bits per heavy atom. The van der Waals surface area contributed by atoms with E-state index in [2.05, 4.69) is 30.7 Å². The summed E-state index contributed by atoms with van der Waals surface area (Å²) >= 11 is 1.27. The molecule has 0 spiro atoms. The average molecular weight is 290 g/mol. The number of aromatic nitrogens is 2. The van der Waals surface area contributed by atoms with Gasteiger partial charge in [-0.05, 0) is 17.7 Å². The summed E-state index contributed by atoms with van der Waals surface area (Å²) in [4.78, 5) is 4.77. The van der Waals surface area contributed by atoms with Crippen molar-refractivity contribution in [3.05, 3.63) is 36.0 Å². The van der Waals surface area contributed by atoms with E-state index in [0.717, 1.165) is 44.3 Å². The van der Waals surface area contributed by atoms with Crippen LogP contribution in [0.15, 0.2) is 30.5 Å². The fourth-order valence-electron chi connectivity index (χ4n) is 2.42. The van der Waals surface area contributed by atoms with Crippen LogP contribution in [0.2, 0.25) is 0 Å². The number of hydrogen-bond acceptors (Lipinski definition) is 6. The summed E-state index contributed by atoms with van der Waals surface area (Å²) in [5.74, 6) is 1.92. The Labute approximate surface area is 123 Å². The molecule has 2 aromatic rings. The molecule has 0 unspecified atom stereocenters. The van der Waals surface area contributed by atoms with Crippen LogP contribution in [0.4, 0.5) is 5.82 Å².